The highest BCUT2D eigenvalue weighted by molar-refractivity contribution is 7.12. The highest BCUT2D eigenvalue weighted by Crippen LogP contribution is 2.24. The number of ether oxygens (including phenoxy) is 1. The largest absolute Gasteiger partial charge is 0.444 e. The van der Waals surface area contributed by atoms with Crippen LogP contribution in [-0.4, -0.2) is 50.2 Å². The molecule has 1 aliphatic heterocycles. The van der Waals surface area contributed by atoms with Gasteiger partial charge in [-0.2, -0.15) is 4.37 Å². The van der Waals surface area contributed by atoms with Crippen molar-refractivity contribution in [2.45, 2.75) is 72.1 Å². The number of carbonyl (C=O) groups excluding carboxylic acids is 1. The molecule has 36 heavy (non-hydrogen) atoms. The molecule has 4 rings (SSSR count). The van der Waals surface area contributed by atoms with Gasteiger partial charge in [-0.05, 0) is 70.0 Å². The summed E-state index contributed by atoms with van der Waals surface area (Å²) in [6.07, 6.45) is 2.53. The van der Waals surface area contributed by atoms with Crippen LogP contribution in [-0.2, 0) is 11.3 Å². The average molecular weight is 512 g/mol. The summed E-state index contributed by atoms with van der Waals surface area (Å²) in [4.78, 5) is 33.6. The second-order valence-electron chi connectivity index (χ2n) is 10.6. The zero-order chi connectivity index (χ0) is 25.9. The van der Waals surface area contributed by atoms with Crippen LogP contribution in [0.5, 0.6) is 0 Å². The molecule has 0 saturated carbocycles. The lowest BCUT2D eigenvalue weighted by Gasteiger charge is -2.35. The lowest BCUT2D eigenvalue weighted by molar-refractivity contribution is 0.0165. The van der Waals surface area contributed by atoms with E-state index in [2.05, 4.69) is 16.6 Å². The van der Waals surface area contributed by atoms with Gasteiger partial charge in [0.05, 0.1) is 23.7 Å². The molecule has 1 aromatic carbocycles. The number of aromatic nitrogens is 3. The molecule has 1 amide bonds. The highest BCUT2D eigenvalue weighted by atomic mass is 32.1. The third kappa shape index (κ3) is 6.13. The minimum Gasteiger partial charge on any atom is -0.444 e. The SMILES string of the molecule is CCC(NCC1CCCN(C(=O)OC(C)(C)C)C1)c1nc2snc(C)c2c(=O)n1Cc1ccccc1. The van der Waals surface area contributed by atoms with E-state index in [0.717, 1.165) is 49.4 Å². The van der Waals surface area contributed by atoms with Crippen LogP contribution in [0, 0.1) is 12.8 Å². The van der Waals surface area contributed by atoms with Crippen molar-refractivity contribution in [2.75, 3.05) is 19.6 Å². The zero-order valence-electron chi connectivity index (χ0n) is 21.9. The smallest absolute Gasteiger partial charge is 0.410 e. The minimum absolute atomic E-state index is 0.0425. The Kier molecular flexibility index (Phi) is 8.10. The second-order valence-corrected chi connectivity index (χ2v) is 11.4. The van der Waals surface area contributed by atoms with E-state index in [9.17, 15) is 9.59 Å². The van der Waals surface area contributed by atoms with Gasteiger partial charge in [0.1, 0.15) is 11.4 Å². The third-order valence-electron chi connectivity index (χ3n) is 6.52. The van der Waals surface area contributed by atoms with E-state index in [0.29, 0.717) is 29.2 Å². The van der Waals surface area contributed by atoms with Gasteiger partial charge in [0.2, 0.25) is 0 Å². The van der Waals surface area contributed by atoms with Gasteiger partial charge in [0.15, 0.2) is 4.83 Å². The number of aryl methyl sites for hydroxylation is 1. The van der Waals surface area contributed by atoms with Gasteiger partial charge < -0.3 is 15.0 Å². The molecule has 1 fully saturated rings. The number of nitrogens with zero attached hydrogens (tertiary/aromatic N) is 4. The van der Waals surface area contributed by atoms with E-state index < -0.39 is 5.60 Å². The predicted molar refractivity (Wildman–Crippen MR) is 144 cm³/mol. The van der Waals surface area contributed by atoms with Gasteiger partial charge in [-0.25, -0.2) is 9.78 Å². The third-order valence-corrected chi connectivity index (χ3v) is 7.36. The van der Waals surface area contributed by atoms with Gasteiger partial charge in [0.25, 0.3) is 5.56 Å². The molecule has 2 atom stereocenters. The summed E-state index contributed by atoms with van der Waals surface area (Å²) in [5, 5.41) is 4.28. The van der Waals surface area contributed by atoms with Crippen LogP contribution in [0.4, 0.5) is 4.79 Å². The zero-order valence-corrected chi connectivity index (χ0v) is 22.7. The molecule has 0 aliphatic carbocycles. The number of rotatable bonds is 7. The molecule has 2 unspecified atom stereocenters. The number of hydrogen-bond donors (Lipinski definition) is 1. The second kappa shape index (κ2) is 11.1. The lowest BCUT2D eigenvalue weighted by atomic mass is 9.97. The number of nitrogens with one attached hydrogen (secondary N) is 1. The van der Waals surface area contributed by atoms with Crippen LogP contribution in [0.2, 0.25) is 0 Å². The van der Waals surface area contributed by atoms with Crippen molar-refractivity contribution >= 4 is 27.8 Å². The van der Waals surface area contributed by atoms with Gasteiger partial charge in [-0.1, -0.05) is 37.3 Å². The molecular weight excluding hydrogens is 474 g/mol. The molecular formula is C27H37N5O3S. The van der Waals surface area contributed by atoms with Gasteiger partial charge in [0, 0.05) is 19.6 Å². The monoisotopic (exact) mass is 511 g/mol. The fourth-order valence-corrected chi connectivity index (χ4v) is 5.49. The van der Waals surface area contributed by atoms with E-state index in [1.54, 1.807) is 4.57 Å². The van der Waals surface area contributed by atoms with Crippen molar-refractivity contribution in [1.29, 1.82) is 0 Å². The maximum absolute atomic E-state index is 13.6. The molecule has 3 heterocycles. The summed E-state index contributed by atoms with van der Waals surface area (Å²) in [6.45, 7) is 12.2. The van der Waals surface area contributed by atoms with Crippen molar-refractivity contribution < 1.29 is 9.53 Å². The molecule has 2 aromatic heterocycles. The summed E-state index contributed by atoms with van der Waals surface area (Å²) in [6, 6.07) is 9.91. The van der Waals surface area contributed by atoms with Crippen LogP contribution in [0.3, 0.4) is 0 Å². The Balaban J connectivity index is 1.55. The summed E-state index contributed by atoms with van der Waals surface area (Å²) in [7, 11) is 0. The van der Waals surface area contributed by atoms with Gasteiger partial charge in [-0.3, -0.25) is 9.36 Å². The number of amides is 1. The number of hydrogen-bond acceptors (Lipinski definition) is 7. The van der Waals surface area contributed by atoms with E-state index in [1.807, 2.05) is 62.9 Å². The van der Waals surface area contributed by atoms with Crippen molar-refractivity contribution in [3.63, 3.8) is 0 Å². The normalized spacial score (nSPS) is 17.4. The first-order chi connectivity index (χ1) is 17.2. The molecule has 0 radical (unpaired) electrons. The summed E-state index contributed by atoms with van der Waals surface area (Å²) >= 11 is 1.28. The maximum atomic E-state index is 13.6. The van der Waals surface area contributed by atoms with Crippen molar-refractivity contribution in [3.8, 4) is 0 Å². The van der Waals surface area contributed by atoms with Gasteiger partial charge >= 0.3 is 6.09 Å². The van der Waals surface area contributed by atoms with E-state index in [1.165, 1.54) is 11.5 Å². The predicted octanol–water partition coefficient (Wildman–Crippen LogP) is 4.90. The van der Waals surface area contributed by atoms with Crippen molar-refractivity contribution in [1.82, 2.24) is 24.1 Å². The molecule has 1 aliphatic rings. The molecule has 9 heteroatoms. The Hall–Kier alpha value is -2.78. The minimum atomic E-state index is -0.503. The fourth-order valence-electron chi connectivity index (χ4n) is 4.72. The summed E-state index contributed by atoms with van der Waals surface area (Å²) < 4.78 is 11.8. The first-order valence-corrected chi connectivity index (χ1v) is 13.6. The molecule has 1 N–H and O–H groups in total. The lowest BCUT2D eigenvalue weighted by Crippen LogP contribution is -2.45. The van der Waals surface area contributed by atoms with Gasteiger partial charge in [-0.15, -0.1) is 0 Å². The topological polar surface area (TPSA) is 89.4 Å². The number of likely N-dealkylation sites (tertiary alicyclic amines) is 1. The molecule has 0 bridgehead atoms. The molecule has 1 saturated heterocycles. The Morgan fingerprint density at radius 2 is 2.03 bits per heavy atom. The van der Waals surface area contributed by atoms with Crippen molar-refractivity contribution in [3.05, 3.63) is 57.8 Å². The van der Waals surface area contributed by atoms with E-state index in [-0.39, 0.29) is 17.7 Å². The van der Waals surface area contributed by atoms with Crippen LogP contribution < -0.4 is 10.9 Å². The van der Waals surface area contributed by atoms with Crippen LogP contribution >= 0.6 is 11.5 Å². The Morgan fingerprint density at radius 1 is 1.28 bits per heavy atom. The van der Waals surface area contributed by atoms with Crippen LogP contribution in [0.25, 0.3) is 10.2 Å². The Labute approximate surface area is 216 Å². The van der Waals surface area contributed by atoms with E-state index >= 15 is 0 Å². The number of benzene rings is 1. The molecule has 194 valence electrons. The average Bonchev–Trinajstić information content (AvgIpc) is 3.22. The standard InChI is InChI=1S/C27H37N5O3S/c1-6-21(28-15-20-13-10-14-31(16-20)26(34)35-27(3,4)5)23-29-24-22(18(2)30-36-24)25(33)32(23)17-19-11-8-7-9-12-19/h7-9,11-12,20-21,28H,6,10,13-17H2,1-5H3. The molecule has 3 aromatic rings. The summed E-state index contributed by atoms with van der Waals surface area (Å²) in [5.41, 5.74) is 1.24. The highest BCUT2D eigenvalue weighted by Gasteiger charge is 2.29. The van der Waals surface area contributed by atoms with Crippen LogP contribution in [0.1, 0.15) is 70.1 Å². The van der Waals surface area contributed by atoms with Crippen LogP contribution in [0.15, 0.2) is 35.1 Å². The first-order valence-electron chi connectivity index (χ1n) is 12.8. The quantitative estimate of drug-likeness (QED) is 0.485. The number of fused-ring (bicyclic) bond motifs is 1. The summed E-state index contributed by atoms with van der Waals surface area (Å²) in [5.74, 6) is 1.05. The molecule has 8 nitrogen and oxygen atoms in total. The first kappa shape index (κ1) is 26.3. The maximum Gasteiger partial charge on any atom is 0.410 e. The fraction of sp³-hybridized carbons (Fsp3) is 0.556. The molecule has 0 spiro atoms. The Morgan fingerprint density at radius 3 is 2.72 bits per heavy atom. The number of carbonyl (C=O) groups is 1. The number of piperidine rings is 1. The Bertz CT molecular complexity index is 1250. The van der Waals surface area contributed by atoms with Crippen molar-refractivity contribution in [2.24, 2.45) is 5.92 Å². The van der Waals surface area contributed by atoms with E-state index in [4.69, 9.17) is 9.72 Å².